The van der Waals surface area contributed by atoms with Crippen LogP contribution in [0.15, 0.2) is 0 Å². The SMILES string of the molecule is CCCCCC(C)OP(=O)(O)OCC(CC)CCCC. The van der Waals surface area contributed by atoms with Crippen LogP contribution >= 0.6 is 7.82 Å². The topological polar surface area (TPSA) is 55.8 Å². The van der Waals surface area contributed by atoms with Crippen molar-refractivity contribution >= 4 is 7.82 Å². The highest BCUT2D eigenvalue weighted by atomic mass is 31.2. The van der Waals surface area contributed by atoms with Gasteiger partial charge in [-0.25, -0.2) is 4.57 Å². The monoisotopic (exact) mass is 308 g/mol. The van der Waals surface area contributed by atoms with E-state index < -0.39 is 7.82 Å². The molecular formula is C15H33O4P. The van der Waals surface area contributed by atoms with Gasteiger partial charge in [0.15, 0.2) is 0 Å². The van der Waals surface area contributed by atoms with Gasteiger partial charge in [0, 0.05) is 0 Å². The molecule has 122 valence electrons. The molecule has 0 aliphatic heterocycles. The average Bonchev–Trinajstić information content (AvgIpc) is 2.38. The van der Waals surface area contributed by atoms with E-state index in [0.717, 1.165) is 51.4 Å². The Kier molecular flexibility index (Phi) is 11.8. The van der Waals surface area contributed by atoms with Crippen molar-refractivity contribution in [3.63, 3.8) is 0 Å². The molecule has 0 fully saturated rings. The summed E-state index contributed by atoms with van der Waals surface area (Å²) >= 11 is 0. The first-order valence-electron chi connectivity index (χ1n) is 8.10. The average molecular weight is 308 g/mol. The second kappa shape index (κ2) is 11.7. The lowest BCUT2D eigenvalue weighted by atomic mass is 10.0. The van der Waals surface area contributed by atoms with E-state index in [1.165, 1.54) is 0 Å². The molecular weight excluding hydrogens is 275 g/mol. The van der Waals surface area contributed by atoms with E-state index in [1.807, 2.05) is 6.92 Å². The quantitative estimate of drug-likeness (QED) is 0.370. The largest absolute Gasteiger partial charge is 0.472 e. The first kappa shape index (κ1) is 20.1. The molecule has 0 bridgehead atoms. The summed E-state index contributed by atoms with van der Waals surface area (Å²) in [5, 5.41) is 0. The van der Waals surface area contributed by atoms with E-state index in [4.69, 9.17) is 9.05 Å². The van der Waals surface area contributed by atoms with Crippen LogP contribution in [0.3, 0.4) is 0 Å². The van der Waals surface area contributed by atoms with Crippen LogP contribution in [0.25, 0.3) is 0 Å². The van der Waals surface area contributed by atoms with Gasteiger partial charge in [-0.1, -0.05) is 59.3 Å². The third-order valence-electron chi connectivity index (χ3n) is 3.54. The van der Waals surface area contributed by atoms with Crippen LogP contribution in [-0.2, 0) is 13.6 Å². The van der Waals surface area contributed by atoms with Crippen molar-refractivity contribution in [1.29, 1.82) is 0 Å². The fraction of sp³-hybridized carbons (Fsp3) is 1.00. The molecule has 0 spiro atoms. The van der Waals surface area contributed by atoms with Gasteiger partial charge in [0.1, 0.15) is 0 Å². The molecule has 0 aliphatic carbocycles. The third kappa shape index (κ3) is 10.8. The van der Waals surface area contributed by atoms with E-state index in [1.54, 1.807) is 0 Å². The summed E-state index contributed by atoms with van der Waals surface area (Å²) < 4.78 is 22.2. The van der Waals surface area contributed by atoms with Gasteiger partial charge in [-0.15, -0.1) is 0 Å². The fourth-order valence-electron chi connectivity index (χ4n) is 2.09. The molecule has 3 atom stereocenters. The maximum atomic E-state index is 11.9. The summed E-state index contributed by atoms with van der Waals surface area (Å²) in [4.78, 5) is 9.72. The Morgan fingerprint density at radius 3 is 2.25 bits per heavy atom. The maximum absolute atomic E-state index is 11.9. The lowest BCUT2D eigenvalue weighted by Crippen LogP contribution is -2.12. The molecule has 0 saturated heterocycles. The number of unbranched alkanes of at least 4 members (excludes halogenated alkanes) is 3. The van der Waals surface area contributed by atoms with Gasteiger partial charge in [0.05, 0.1) is 12.7 Å². The van der Waals surface area contributed by atoms with Gasteiger partial charge in [-0.3, -0.25) is 9.05 Å². The van der Waals surface area contributed by atoms with Crippen LogP contribution in [-0.4, -0.2) is 17.6 Å². The number of phosphoric ester groups is 1. The molecule has 0 saturated carbocycles. The normalized spacial score (nSPS) is 17.6. The molecule has 0 aromatic rings. The van der Waals surface area contributed by atoms with E-state index in [2.05, 4.69) is 20.8 Å². The molecule has 0 aromatic heterocycles. The molecule has 4 nitrogen and oxygen atoms in total. The number of hydrogen-bond donors (Lipinski definition) is 1. The van der Waals surface area contributed by atoms with Crippen molar-refractivity contribution in [2.75, 3.05) is 6.61 Å². The van der Waals surface area contributed by atoms with E-state index in [-0.39, 0.29) is 6.10 Å². The highest BCUT2D eigenvalue weighted by Crippen LogP contribution is 2.45. The smallest absolute Gasteiger partial charge is 0.302 e. The summed E-state index contributed by atoms with van der Waals surface area (Å²) in [6, 6.07) is 0. The van der Waals surface area contributed by atoms with Gasteiger partial charge < -0.3 is 4.89 Å². The first-order chi connectivity index (χ1) is 9.45. The van der Waals surface area contributed by atoms with Crippen molar-refractivity contribution in [3.8, 4) is 0 Å². The molecule has 0 radical (unpaired) electrons. The zero-order valence-electron chi connectivity index (χ0n) is 13.6. The minimum Gasteiger partial charge on any atom is -0.302 e. The molecule has 1 N–H and O–H groups in total. The fourth-order valence-corrected chi connectivity index (χ4v) is 3.11. The highest BCUT2D eigenvalue weighted by Gasteiger charge is 2.25. The summed E-state index contributed by atoms with van der Waals surface area (Å²) in [5.41, 5.74) is 0. The van der Waals surface area contributed by atoms with Crippen LogP contribution in [0, 0.1) is 5.92 Å². The van der Waals surface area contributed by atoms with E-state index in [0.29, 0.717) is 12.5 Å². The zero-order chi connectivity index (χ0) is 15.4. The van der Waals surface area contributed by atoms with Crippen LogP contribution in [0.1, 0.15) is 79.1 Å². The summed E-state index contributed by atoms with van der Waals surface area (Å²) in [6.45, 7) is 8.50. The molecule has 3 unspecified atom stereocenters. The predicted octanol–water partition coefficient (Wildman–Crippen LogP) is 5.31. The molecule has 0 aliphatic rings. The van der Waals surface area contributed by atoms with Crippen LogP contribution in [0.4, 0.5) is 0 Å². The Hall–Kier alpha value is 0.110. The molecule has 20 heavy (non-hydrogen) atoms. The van der Waals surface area contributed by atoms with Gasteiger partial charge in [0.2, 0.25) is 0 Å². The van der Waals surface area contributed by atoms with Crippen molar-refractivity contribution < 1.29 is 18.5 Å². The van der Waals surface area contributed by atoms with Crippen LogP contribution in [0.2, 0.25) is 0 Å². The summed E-state index contributed by atoms with van der Waals surface area (Å²) in [7, 11) is -3.90. The lowest BCUT2D eigenvalue weighted by molar-refractivity contribution is 0.0934. The summed E-state index contributed by atoms with van der Waals surface area (Å²) in [5.74, 6) is 0.342. The molecule has 0 heterocycles. The zero-order valence-corrected chi connectivity index (χ0v) is 14.5. The lowest BCUT2D eigenvalue weighted by Gasteiger charge is -2.20. The number of rotatable bonds is 13. The highest BCUT2D eigenvalue weighted by molar-refractivity contribution is 7.47. The Bertz CT molecular complexity index is 271. The van der Waals surface area contributed by atoms with Gasteiger partial charge >= 0.3 is 7.82 Å². The van der Waals surface area contributed by atoms with Gasteiger partial charge in [-0.2, -0.15) is 0 Å². The maximum Gasteiger partial charge on any atom is 0.472 e. The molecule has 0 aromatic carbocycles. The van der Waals surface area contributed by atoms with Crippen molar-refractivity contribution in [2.24, 2.45) is 5.92 Å². The second-order valence-electron chi connectivity index (χ2n) is 5.59. The Morgan fingerprint density at radius 1 is 1.05 bits per heavy atom. The second-order valence-corrected chi connectivity index (χ2v) is 7.00. The van der Waals surface area contributed by atoms with Crippen molar-refractivity contribution in [2.45, 2.75) is 85.2 Å². The minimum absolute atomic E-state index is 0.229. The predicted molar refractivity (Wildman–Crippen MR) is 83.8 cm³/mol. The number of hydrogen-bond acceptors (Lipinski definition) is 3. The van der Waals surface area contributed by atoms with Crippen molar-refractivity contribution in [3.05, 3.63) is 0 Å². The Balaban J connectivity index is 4.00. The van der Waals surface area contributed by atoms with Crippen LogP contribution < -0.4 is 0 Å². The van der Waals surface area contributed by atoms with E-state index >= 15 is 0 Å². The van der Waals surface area contributed by atoms with E-state index in [9.17, 15) is 9.46 Å². The van der Waals surface area contributed by atoms with Crippen molar-refractivity contribution in [1.82, 2.24) is 0 Å². The Labute approximate surface area is 124 Å². The molecule has 0 amide bonds. The number of phosphoric acid groups is 1. The molecule has 5 heteroatoms. The Morgan fingerprint density at radius 2 is 1.70 bits per heavy atom. The summed E-state index contributed by atoms with van der Waals surface area (Å²) in [6.07, 6.45) is 8.12. The van der Waals surface area contributed by atoms with Gasteiger partial charge in [-0.05, 0) is 25.7 Å². The standard InChI is InChI=1S/C15H33O4P/c1-5-8-10-11-14(4)19-20(16,17)18-13-15(7-3)12-9-6-2/h14-15H,5-13H2,1-4H3,(H,16,17). The van der Waals surface area contributed by atoms with Crippen LogP contribution in [0.5, 0.6) is 0 Å². The van der Waals surface area contributed by atoms with Gasteiger partial charge in [0.25, 0.3) is 0 Å². The minimum atomic E-state index is -3.90. The third-order valence-corrected chi connectivity index (χ3v) is 4.65. The molecule has 0 rings (SSSR count). The first-order valence-corrected chi connectivity index (χ1v) is 9.60.